The SMILES string of the molecule is COC(=O)Cc1cccc(NC(=O)[C@@H]2CCCN(C(C)=O)C2)c1. The third-order valence-electron chi connectivity index (χ3n) is 4.01. The number of nitrogens with zero attached hydrogens (tertiary/aromatic N) is 1. The van der Waals surface area contributed by atoms with E-state index in [2.05, 4.69) is 10.1 Å². The Kier molecular flexibility index (Phi) is 5.73. The zero-order chi connectivity index (χ0) is 16.8. The Hall–Kier alpha value is -2.37. The fourth-order valence-corrected chi connectivity index (χ4v) is 2.72. The van der Waals surface area contributed by atoms with Crippen molar-refractivity contribution < 1.29 is 19.1 Å². The van der Waals surface area contributed by atoms with Crippen molar-refractivity contribution in [2.24, 2.45) is 5.92 Å². The molecule has 1 aliphatic rings. The van der Waals surface area contributed by atoms with Crippen LogP contribution in [0, 0.1) is 5.92 Å². The molecule has 6 nitrogen and oxygen atoms in total. The smallest absolute Gasteiger partial charge is 0.309 e. The van der Waals surface area contributed by atoms with E-state index in [4.69, 9.17) is 0 Å². The lowest BCUT2D eigenvalue weighted by molar-refractivity contribution is -0.139. The highest BCUT2D eigenvalue weighted by Gasteiger charge is 2.27. The largest absolute Gasteiger partial charge is 0.469 e. The molecule has 0 aliphatic carbocycles. The number of ether oxygens (including phenoxy) is 1. The van der Waals surface area contributed by atoms with Crippen molar-refractivity contribution in [3.63, 3.8) is 0 Å². The van der Waals surface area contributed by atoms with Gasteiger partial charge in [0.05, 0.1) is 19.4 Å². The van der Waals surface area contributed by atoms with Crippen LogP contribution in [0.4, 0.5) is 5.69 Å². The summed E-state index contributed by atoms with van der Waals surface area (Å²) in [5, 5.41) is 2.87. The number of nitrogens with one attached hydrogen (secondary N) is 1. The van der Waals surface area contributed by atoms with Gasteiger partial charge in [0.15, 0.2) is 0 Å². The number of amides is 2. The number of esters is 1. The molecule has 1 fully saturated rings. The minimum absolute atomic E-state index is 0.00238. The zero-order valence-electron chi connectivity index (χ0n) is 13.5. The molecular formula is C17H22N2O4. The summed E-state index contributed by atoms with van der Waals surface area (Å²) >= 11 is 0. The van der Waals surface area contributed by atoms with Gasteiger partial charge in [0.25, 0.3) is 0 Å². The van der Waals surface area contributed by atoms with Crippen LogP contribution in [0.15, 0.2) is 24.3 Å². The van der Waals surface area contributed by atoms with Gasteiger partial charge in [0, 0.05) is 25.7 Å². The minimum atomic E-state index is -0.321. The first-order valence-electron chi connectivity index (χ1n) is 7.71. The van der Waals surface area contributed by atoms with Crippen molar-refractivity contribution in [3.05, 3.63) is 29.8 Å². The van der Waals surface area contributed by atoms with E-state index in [1.54, 1.807) is 23.1 Å². The Morgan fingerprint density at radius 2 is 2.13 bits per heavy atom. The number of likely N-dealkylation sites (tertiary alicyclic amines) is 1. The number of rotatable bonds is 4. The van der Waals surface area contributed by atoms with E-state index in [1.165, 1.54) is 14.0 Å². The van der Waals surface area contributed by atoms with Crippen LogP contribution >= 0.6 is 0 Å². The molecule has 1 N–H and O–H groups in total. The standard InChI is InChI=1S/C17H22N2O4/c1-12(20)19-8-4-6-14(11-19)17(22)18-15-7-3-5-13(9-15)10-16(21)23-2/h3,5,7,9,14H,4,6,8,10-11H2,1-2H3,(H,18,22)/t14-/m1/s1. The van der Waals surface area contributed by atoms with E-state index in [0.717, 1.165) is 18.4 Å². The monoisotopic (exact) mass is 318 g/mol. The number of hydrogen-bond donors (Lipinski definition) is 1. The summed E-state index contributed by atoms with van der Waals surface area (Å²) in [6.07, 6.45) is 1.78. The van der Waals surface area contributed by atoms with Crippen LogP contribution in [0.1, 0.15) is 25.3 Å². The van der Waals surface area contributed by atoms with Gasteiger partial charge in [0.1, 0.15) is 0 Å². The quantitative estimate of drug-likeness (QED) is 0.856. The van der Waals surface area contributed by atoms with Gasteiger partial charge in [-0.3, -0.25) is 14.4 Å². The highest BCUT2D eigenvalue weighted by atomic mass is 16.5. The summed E-state index contributed by atoms with van der Waals surface area (Å²) < 4.78 is 4.64. The van der Waals surface area contributed by atoms with Crippen LogP contribution in [0.2, 0.25) is 0 Å². The van der Waals surface area contributed by atoms with E-state index >= 15 is 0 Å². The molecular weight excluding hydrogens is 296 g/mol. The summed E-state index contributed by atoms with van der Waals surface area (Å²) in [5.74, 6) is -0.608. The third-order valence-corrected chi connectivity index (χ3v) is 4.01. The molecule has 0 spiro atoms. The van der Waals surface area contributed by atoms with Crippen molar-refractivity contribution in [2.75, 3.05) is 25.5 Å². The van der Waals surface area contributed by atoms with Crippen LogP contribution in [-0.2, 0) is 25.5 Å². The molecule has 2 rings (SSSR count). The van der Waals surface area contributed by atoms with Crippen molar-refractivity contribution in [3.8, 4) is 0 Å². The Morgan fingerprint density at radius 1 is 1.35 bits per heavy atom. The predicted molar refractivity (Wildman–Crippen MR) is 85.8 cm³/mol. The molecule has 1 heterocycles. The van der Waals surface area contributed by atoms with Gasteiger partial charge in [-0.25, -0.2) is 0 Å². The molecule has 1 aliphatic heterocycles. The fraction of sp³-hybridized carbons (Fsp3) is 0.471. The van der Waals surface area contributed by atoms with Crippen LogP contribution in [-0.4, -0.2) is 42.9 Å². The van der Waals surface area contributed by atoms with Gasteiger partial charge >= 0.3 is 5.97 Å². The highest BCUT2D eigenvalue weighted by Crippen LogP contribution is 2.19. The van der Waals surface area contributed by atoms with Crippen LogP contribution in [0.25, 0.3) is 0 Å². The topological polar surface area (TPSA) is 75.7 Å². The van der Waals surface area contributed by atoms with Crippen LogP contribution in [0.5, 0.6) is 0 Å². The van der Waals surface area contributed by atoms with Crippen molar-refractivity contribution in [2.45, 2.75) is 26.2 Å². The molecule has 1 aromatic carbocycles. The number of carbonyl (C=O) groups excluding carboxylic acids is 3. The first-order valence-corrected chi connectivity index (χ1v) is 7.71. The highest BCUT2D eigenvalue weighted by molar-refractivity contribution is 5.93. The number of benzene rings is 1. The first-order chi connectivity index (χ1) is 11.0. The molecule has 1 saturated heterocycles. The van der Waals surface area contributed by atoms with Crippen molar-refractivity contribution in [1.29, 1.82) is 0 Å². The molecule has 6 heteroatoms. The zero-order valence-corrected chi connectivity index (χ0v) is 13.5. The van der Waals surface area contributed by atoms with E-state index in [1.807, 2.05) is 6.07 Å². The number of carbonyl (C=O) groups is 3. The Labute approximate surface area is 135 Å². The maximum Gasteiger partial charge on any atom is 0.309 e. The second-order valence-electron chi connectivity index (χ2n) is 5.75. The molecule has 1 aromatic rings. The average Bonchev–Trinajstić information content (AvgIpc) is 2.55. The first kappa shape index (κ1) is 17.0. The summed E-state index contributed by atoms with van der Waals surface area (Å²) in [5.41, 5.74) is 1.43. The number of anilines is 1. The molecule has 2 amide bonds. The van der Waals surface area contributed by atoms with Gasteiger partial charge in [-0.2, -0.15) is 0 Å². The average molecular weight is 318 g/mol. The second kappa shape index (κ2) is 7.76. The maximum atomic E-state index is 12.4. The molecule has 0 bridgehead atoms. The number of methoxy groups -OCH3 is 1. The lowest BCUT2D eigenvalue weighted by atomic mass is 9.97. The summed E-state index contributed by atoms with van der Waals surface area (Å²) in [4.78, 5) is 36.9. The molecule has 0 aromatic heterocycles. The van der Waals surface area contributed by atoms with Crippen molar-refractivity contribution in [1.82, 2.24) is 4.90 Å². The van der Waals surface area contributed by atoms with E-state index < -0.39 is 0 Å². The van der Waals surface area contributed by atoms with Gasteiger partial charge < -0.3 is 15.0 Å². The van der Waals surface area contributed by atoms with Crippen LogP contribution < -0.4 is 5.32 Å². The van der Waals surface area contributed by atoms with E-state index in [-0.39, 0.29) is 30.1 Å². The summed E-state index contributed by atoms with van der Waals surface area (Å²) in [7, 11) is 1.35. The normalized spacial score (nSPS) is 17.5. The van der Waals surface area contributed by atoms with E-state index in [9.17, 15) is 14.4 Å². The third kappa shape index (κ3) is 4.81. The minimum Gasteiger partial charge on any atom is -0.469 e. The van der Waals surface area contributed by atoms with Crippen LogP contribution in [0.3, 0.4) is 0 Å². The Balaban J connectivity index is 1.98. The van der Waals surface area contributed by atoms with E-state index in [0.29, 0.717) is 18.8 Å². The summed E-state index contributed by atoms with van der Waals surface area (Å²) in [6, 6.07) is 7.14. The van der Waals surface area contributed by atoms with Crippen molar-refractivity contribution >= 4 is 23.5 Å². The Bertz CT molecular complexity index is 600. The maximum absolute atomic E-state index is 12.4. The van der Waals surface area contributed by atoms with Gasteiger partial charge in [0.2, 0.25) is 11.8 Å². The van der Waals surface area contributed by atoms with Gasteiger partial charge in [-0.1, -0.05) is 12.1 Å². The molecule has 0 saturated carbocycles. The van der Waals surface area contributed by atoms with Gasteiger partial charge in [-0.05, 0) is 30.5 Å². The second-order valence-corrected chi connectivity index (χ2v) is 5.75. The molecule has 0 radical (unpaired) electrons. The number of piperidine rings is 1. The summed E-state index contributed by atoms with van der Waals surface area (Å²) in [6.45, 7) is 2.70. The lowest BCUT2D eigenvalue weighted by Gasteiger charge is -2.31. The molecule has 23 heavy (non-hydrogen) atoms. The lowest BCUT2D eigenvalue weighted by Crippen LogP contribution is -2.42. The number of hydrogen-bond acceptors (Lipinski definition) is 4. The Morgan fingerprint density at radius 3 is 2.83 bits per heavy atom. The van der Waals surface area contributed by atoms with Gasteiger partial charge in [-0.15, -0.1) is 0 Å². The fourth-order valence-electron chi connectivity index (χ4n) is 2.72. The molecule has 1 atom stereocenters. The molecule has 124 valence electrons. The predicted octanol–water partition coefficient (Wildman–Crippen LogP) is 1.60. The molecule has 0 unspecified atom stereocenters.